The van der Waals surface area contributed by atoms with E-state index in [0.29, 0.717) is 18.0 Å². The summed E-state index contributed by atoms with van der Waals surface area (Å²) < 4.78 is 32.9. The zero-order valence-corrected chi connectivity index (χ0v) is 19.1. The van der Waals surface area contributed by atoms with Gasteiger partial charge in [0.1, 0.15) is 12.3 Å². The molecule has 0 radical (unpaired) electrons. The number of ether oxygens (including phenoxy) is 1. The third-order valence-electron chi connectivity index (χ3n) is 5.20. The van der Waals surface area contributed by atoms with Crippen molar-refractivity contribution in [3.8, 4) is 5.75 Å². The van der Waals surface area contributed by atoms with Crippen LogP contribution in [0.5, 0.6) is 5.75 Å². The summed E-state index contributed by atoms with van der Waals surface area (Å²) in [5.74, 6) is 0.0514. The van der Waals surface area contributed by atoms with E-state index < -0.39 is 10.0 Å². The molecule has 1 aliphatic rings. The molecular formula is C23H27ClN2O4S. The van der Waals surface area contributed by atoms with Gasteiger partial charge in [0, 0.05) is 6.54 Å². The van der Waals surface area contributed by atoms with E-state index in [2.05, 4.69) is 11.4 Å². The summed E-state index contributed by atoms with van der Waals surface area (Å²) in [6, 6.07) is 12.7. The van der Waals surface area contributed by atoms with Gasteiger partial charge in [0.05, 0.1) is 22.7 Å². The number of methoxy groups -OCH3 is 1. The van der Waals surface area contributed by atoms with Crippen molar-refractivity contribution in [3.05, 3.63) is 65.2 Å². The normalized spacial score (nSPS) is 13.9. The second-order valence-corrected chi connectivity index (χ2v) is 9.62. The molecule has 2 aromatic rings. The number of benzene rings is 2. The lowest BCUT2D eigenvalue weighted by Gasteiger charge is -2.24. The van der Waals surface area contributed by atoms with Gasteiger partial charge in [-0.3, -0.25) is 9.10 Å². The van der Waals surface area contributed by atoms with Crippen molar-refractivity contribution < 1.29 is 17.9 Å². The van der Waals surface area contributed by atoms with E-state index in [0.717, 1.165) is 23.6 Å². The molecule has 0 unspecified atom stereocenters. The maximum Gasteiger partial charge on any atom is 0.264 e. The molecule has 3 rings (SSSR count). The van der Waals surface area contributed by atoms with Gasteiger partial charge >= 0.3 is 0 Å². The number of carbonyl (C=O) groups excluding carboxylic acids is 1. The third-order valence-corrected chi connectivity index (χ3v) is 7.28. The van der Waals surface area contributed by atoms with Crippen molar-refractivity contribution in [2.24, 2.45) is 0 Å². The Hall–Kier alpha value is -2.51. The summed E-state index contributed by atoms with van der Waals surface area (Å²) in [6.07, 6.45) is 7.57. The molecule has 0 spiro atoms. The first-order valence-electron chi connectivity index (χ1n) is 10.3. The van der Waals surface area contributed by atoms with Crippen molar-refractivity contribution in [3.63, 3.8) is 0 Å². The van der Waals surface area contributed by atoms with Gasteiger partial charge in [0.2, 0.25) is 5.91 Å². The summed E-state index contributed by atoms with van der Waals surface area (Å²) in [5.41, 5.74) is 1.64. The predicted molar refractivity (Wildman–Crippen MR) is 123 cm³/mol. The van der Waals surface area contributed by atoms with Gasteiger partial charge in [-0.25, -0.2) is 8.42 Å². The molecule has 2 aromatic carbocycles. The fourth-order valence-corrected chi connectivity index (χ4v) is 5.21. The van der Waals surface area contributed by atoms with Crippen LogP contribution < -0.4 is 14.4 Å². The van der Waals surface area contributed by atoms with Crippen LogP contribution >= 0.6 is 11.6 Å². The molecule has 1 aliphatic carbocycles. The molecule has 1 N–H and O–H groups in total. The lowest BCUT2D eigenvalue weighted by molar-refractivity contribution is -0.119. The Morgan fingerprint density at radius 1 is 1.16 bits per heavy atom. The second kappa shape index (κ2) is 10.7. The summed E-state index contributed by atoms with van der Waals surface area (Å²) in [7, 11) is -2.49. The van der Waals surface area contributed by atoms with Crippen LogP contribution in [0.15, 0.2) is 65.1 Å². The number of sulfonamides is 1. The quantitative estimate of drug-likeness (QED) is 0.554. The molecule has 0 bridgehead atoms. The summed E-state index contributed by atoms with van der Waals surface area (Å²) in [4.78, 5) is 12.8. The highest BCUT2D eigenvalue weighted by Crippen LogP contribution is 2.31. The van der Waals surface area contributed by atoms with Gasteiger partial charge in [-0.05, 0) is 62.4 Å². The fraction of sp³-hybridized carbons (Fsp3) is 0.348. The monoisotopic (exact) mass is 462 g/mol. The number of carbonyl (C=O) groups is 1. The molecule has 166 valence electrons. The molecular weight excluding hydrogens is 436 g/mol. The van der Waals surface area contributed by atoms with Gasteiger partial charge in [0.25, 0.3) is 10.0 Å². The average Bonchev–Trinajstić information content (AvgIpc) is 2.78. The number of hydrogen-bond donors (Lipinski definition) is 1. The van der Waals surface area contributed by atoms with Crippen LogP contribution in [0.1, 0.15) is 32.1 Å². The number of nitrogens with one attached hydrogen (secondary N) is 1. The highest BCUT2D eigenvalue weighted by Gasteiger charge is 2.27. The van der Waals surface area contributed by atoms with Crippen LogP contribution in [0.25, 0.3) is 0 Å². The Morgan fingerprint density at radius 3 is 2.58 bits per heavy atom. The molecule has 0 heterocycles. The smallest absolute Gasteiger partial charge is 0.264 e. The Morgan fingerprint density at radius 2 is 1.94 bits per heavy atom. The van der Waals surface area contributed by atoms with Crippen LogP contribution in [0.4, 0.5) is 5.69 Å². The zero-order valence-electron chi connectivity index (χ0n) is 17.5. The fourth-order valence-electron chi connectivity index (χ4n) is 3.53. The number of hydrogen-bond acceptors (Lipinski definition) is 4. The molecule has 6 nitrogen and oxygen atoms in total. The molecule has 0 aliphatic heterocycles. The van der Waals surface area contributed by atoms with Gasteiger partial charge in [-0.15, -0.1) is 0 Å². The minimum absolute atomic E-state index is 0.0992. The lowest BCUT2D eigenvalue weighted by Crippen LogP contribution is -2.41. The summed E-state index contributed by atoms with van der Waals surface area (Å²) in [5, 5.41) is 3.11. The van der Waals surface area contributed by atoms with Crippen molar-refractivity contribution in [1.82, 2.24) is 5.32 Å². The van der Waals surface area contributed by atoms with E-state index in [-0.39, 0.29) is 22.4 Å². The van der Waals surface area contributed by atoms with Crippen molar-refractivity contribution in [1.29, 1.82) is 0 Å². The number of anilines is 1. The molecule has 0 saturated heterocycles. The van der Waals surface area contributed by atoms with Crippen LogP contribution in [0.2, 0.25) is 5.02 Å². The molecule has 31 heavy (non-hydrogen) atoms. The van der Waals surface area contributed by atoms with Crippen molar-refractivity contribution in [2.45, 2.75) is 37.0 Å². The number of halogens is 1. The second-order valence-electron chi connectivity index (χ2n) is 7.35. The Kier molecular flexibility index (Phi) is 7.98. The first-order valence-corrected chi connectivity index (χ1v) is 12.1. The van der Waals surface area contributed by atoms with Crippen molar-refractivity contribution >= 4 is 33.2 Å². The Bertz CT molecular complexity index is 1040. The van der Waals surface area contributed by atoms with E-state index in [4.69, 9.17) is 16.3 Å². The number of nitrogens with zero attached hydrogens (tertiary/aromatic N) is 1. The number of rotatable bonds is 9. The topological polar surface area (TPSA) is 75.7 Å². The largest absolute Gasteiger partial charge is 0.495 e. The zero-order chi connectivity index (χ0) is 22.3. The lowest BCUT2D eigenvalue weighted by atomic mass is 9.97. The third kappa shape index (κ3) is 6.02. The van der Waals surface area contributed by atoms with Gasteiger partial charge in [-0.2, -0.15) is 0 Å². The minimum Gasteiger partial charge on any atom is -0.495 e. The van der Waals surface area contributed by atoms with E-state index in [1.54, 1.807) is 30.3 Å². The highest BCUT2D eigenvalue weighted by atomic mass is 35.5. The van der Waals surface area contributed by atoms with Crippen LogP contribution in [-0.2, 0) is 14.8 Å². The van der Waals surface area contributed by atoms with E-state index >= 15 is 0 Å². The number of amides is 1. The van der Waals surface area contributed by atoms with E-state index in [1.165, 1.54) is 43.7 Å². The van der Waals surface area contributed by atoms with Gasteiger partial charge < -0.3 is 10.1 Å². The SMILES string of the molecule is COc1ccc(N(CC(=O)NCCC2=CCCCC2)S(=O)(=O)c2ccccc2)cc1Cl. The molecule has 8 heteroatoms. The molecule has 0 aromatic heterocycles. The summed E-state index contributed by atoms with van der Waals surface area (Å²) in [6.45, 7) is 0.131. The molecule has 1 amide bonds. The molecule has 0 fully saturated rings. The Labute approximate surface area is 188 Å². The van der Waals surface area contributed by atoms with Crippen molar-refractivity contribution in [2.75, 3.05) is 24.5 Å². The van der Waals surface area contributed by atoms with Gasteiger partial charge in [-0.1, -0.05) is 41.4 Å². The average molecular weight is 463 g/mol. The van der Waals surface area contributed by atoms with Crippen LogP contribution in [0.3, 0.4) is 0 Å². The van der Waals surface area contributed by atoms with Gasteiger partial charge in [0.15, 0.2) is 0 Å². The highest BCUT2D eigenvalue weighted by molar-refractivity contribution is 7.92. The first kappa shape index (κ1) is 23.2. The van der Waals surface area contributed by atoms with E-state index in [1.807, 2.05) is 0 Å². The standard InChI is InChI=1S/C23H27ClN2O4S/c1-30-22-13-12-19(16-21(22)24)26(31(28,29)20-10-6-3-7-11-20)17-23(27)25-15-14-18-8-4-2-5-9-18/h3,6-8,10-13,16H,2,4-5,9,14-15,17H2,1H3,(H,25,27). The molecule has 0 atom stereocenters. The maximum atomic E-state index is 13.3. The summed E-state index contributed by atoms with van der Waals surface area (Å²) >= 11 is 6.22. The van der Waals surface area contributed by atoms with Crippen LogP contribution in [0, 0.1) is 0 Å². The first-order chi connectivity index (χ1) is 14.9. The maximum absolute atomic E-state index is 13.3. The Balaban J connectivity index is 1.79. The van der Waals surface area contributed by atoms with E-state index in [9.17, 15) is 13.2 Å². The minimum atomic E-state index is -3.97. The number of allylic oxidation sites excluding steroid dienone is 1. The van der Waals surface area contributed by atoms with Crippen LogP contribution in [-0.4, -0.2) is 34.5 Å². The molecule has 0 saturated carbocycles. The predicted octanol–water partition coefficient (Wildman–Crippen LogP) is 4.55.